The van der Waals surface area contributed by atoms with Crippen LogP contribution in [0, 0.1) is 0 Å². The minimum atomic E-state index is 0.616. The molecule has 1 aromatic rings. The summed E-state index contributed by atoms with van der Waals surface area (Å²) in [6, 6.07) is 5.83. The van der Waals surface area contributed by atoms with Gasteiger partial charge in [0.1, 0.15) is 0 Å². The summed E-state index contributed by atoms with van der Waals surface area (Å²) in [4.78, 5) is 0. The third-order valence-corrected chi connectivity index (χ3v) is 3.45. The van der Waals surface area contributed by atoms with E-state index in [0.29, 0.717) is 10.0 Å². The smallest absolute Gasteiger partial charge is 0.0595 e. The maximum Gasteiger partial charge on any atom is 0.0595 e. The van der Waals surface area contributed by atoms with Crippen molar-refractivity contribution in [2.75, 3.05) is 13.1 Å². The second-order valence-corrected chi connectivity index (χ2v) is 5.33. The first-order chi connectivity index (χ1) is 8.63. The molecule has 100 valence electrons. The maximum absolute atomic E-state index is 6.00. The van der Waals surface area contributed by atoms with Crippen LogP contribution in [0.2, 0.25) is 10.0 Å². The molecule has 1 rings (SSSR count). The van der Waals surface area contributed by atoms with Crippen LogP contribution < -0.4 is 5.32 Å². The average Bonchev–Trinajstić information content (AvgIpc) is 2.34. The van der Waals surface area contributed by atoms with Crippen molar-refractivity contribution in [3.8, 4) is 0 Å². The van der Waals surface area contributed by atoms with Crippen molar-refractivity contribution in [1.29, 1.82) is 0 Å². The first-order valence-electron chi connectivity index (χ1n) is 6.43. The van der Waals surface area contributed by atoms with Crippen LogP contribution in [0.1, 0.15) is 32.3 Å². The monoisotopic (exact) mass is 285 g/mol. The highest BCUT2D eigenvalue weighted by atomic mass is 35.5. The molecule has 0 fully saturated rings. The van der Waals surface area contributed by atoms with E-state index in [1.54, 1.807) is 0 Å². The van der Waals surface area contributed by atoms with E-state index in [1.807, 2.05) is 18.2 Å². The lowest BCUT2D eigenvalue weighted by molar-refractivity contribution is 0.677. The van der Waals surface area contributed by atoms with Crippen molar-refractivity contribution < 1.29 is 0 Å². The van der Waals surface area contributed by atoms with Crippen molar-refractivity contribution in [2.24, 2.45) is 0 Å². The second kappa shape index (κ2) is 8.58. The quantitative estimate of drug-likeness (QED) is 0.557. The van der Waals surface area contributed by atoms with Gasteiger partial charge in [-0.15, -0.1) is 0 Å². The van der Waals surface area contributed by atoms with Gasteiger partial charge in [-0.2, -0.15) is 0 Å². The Bertz CT molecular complexity index is 399. The van der Waals surface area contributed by atoms with Crippen LogP contribution in [-0.2, 0) is 6.42 Å². The molecular weight excluding hydrogens is 265 g/mol. The minimum Gasteiger partial charge on any atom is -0.316 e. The molecule has 0 aromatic heterocycles. The molecule has 0 saturated carbocycles. The molecule has 0 atom stereocenters. The fraction of sp³-hybridized carbons (Fsp3) is 0.467. The van der Waals surface area contributed by atoms with Crippen LogP contribution in [0.25, 0.3) is 0 Å². The summed E-state index contributed by atoms with van der Waals surface area (Å²) >= 11 is 11.9. The molecular formula is C15H21Cl2N. The highest BCUT2D eigenvalue weighted by molar-refractivity contribution is 6.42. The zero-order valence-corrected chi connectivity index (χ0v) is 12.6. The SMILES string of the molecule is CCCNCCC=C(C)Cc1ccc(Cl)c(Cl)c1. The number of nitrogens with one attached hydrogen (secondary N) is 1. The first-order valence-corrected chi connectivity index (χ1v) is 7.19. The Morgan fingerprint density at radius 2 is 2.00 bits per heavy atom. The number of rotatable bonds is 7. The third-order valence-electron chi connectivity index (χ3n) is 2.71. The van der Waals surface area contributed by atoms with E-state index in [9.17, 15) is 0 Å². The lowest BCUT2D eigenvalue weighted by Crippen LogP contribution is -2.15. The molecule has 0 radical (unpaired) electrons. The number of hydrogen-bond acceptors (Lipinski definition) is 1. The van der Waals surface area contributed by atoms with Gasteiger partial charge in [0.05, 0.1) is 10.0 Å². The van der Waals surface area contributed by atoms with Crippen LogP contribution in [0.3, 0.4) is 0 Å². The van der Waals surface area contributed by atoms with Gasteiger partial charge in [0.25, 0.3) is 0 Å². The largest absolute Gasteiger partial charge is 0.316 e. The van der Waals surface area contributed by atoms with Gasteiger partial charge < -0.3 is 5.32 Å². The van der Waals surface area contributed by atoms with E-state index in [-0.39, 0.29) is 0 Å². The van der Waals surface area contributed by atoms with Crippen LogP contribution in [0.4, 0.5) is 0 Å². The van der Waals surface area contributed by atoms with Gasteiger partial charge in [-0.1, -0.05) is 47.8 Å². The summed E-state index contributed by atoms with van der Waals surface area (Å²) in [5, 5.41) is 4.64. The molecule has 0 heterocycles. The summed E-state index contributed by atoms with van der Waals surface area (Å²) in [5.74, 6) is 0. The van der Waals surface area contributed by atoms with Crippen molar-refractivity contribution >= 4 is 23.2 Å². The summed E-state index contributed by atoms with van der Waals surface area (Å²) in [7, 11) is 0. The summed E-state index contributed by atoms with van der Waals surface area (Å²) < 4.78 is 0. The van der Waals surface area contributed by atoms with Crippen molar-refractivity contribution in [3.63, 3.8) is 0 Å². The molecule has 0 bridgehead atoms. The third kappa shape index (κ3) is 5.90. The van der Waals surface area contributed by atoms with Gasteiger partial charge in [0.15, 0.2) is 0 Å². The first kappa shape index (κ1) is 15.6. The zero-order chi connectivity index (χ0) is 13.4. The van der Waals surface area contributed by atoms with Gasteiger partial charge in [-0.3, -0.25) is 0 Å². The van der Waals surface area contributed by atoms with E-state index in [1.165, 1.54) is 17.6 Å². The summed E-state index contributed by atoms with van der Waals surface area (Å²) in [6.45, 7) is 6.48. The Hall–Kier alpha value is -0.500. The highest BCUT2D eigenvalue weighted by Gasteiger charge is 2.00. The molecule has 1 aromatic carbocycles. The summed E-state index contributed by atoms with van der Waals surface area (Å²) in [5.41, 5.74) is 2.58. The molecule has 3 heteroatoms. The van der Waals surface area contributed by atoms with Gasteiger partial charge in [-0.25, -0.2) is 0 Å². The molecule has 0 amide bonds. The zero-order valence-electron chi connectivity index (χ0n) is 11.1. The maximum atomic E-state index is 6.00. The lowest BCUT2D eigenvalue weighted by Gasteiger charge is -2.05. The van der Waals surface area contributed by atoms with Crippen LogP contribution in [0.5, 0.6) is 0 Å². The average molecular weight is 286 g/mol. The van der Waals surface area contributed by atoms with Crippen LogP contribution >= 0.6 is 23.2 Å². The predicted octanol–water partition coefficient (Wildman–Crippen LogP) is 4.87. The molecule has 0 aliphatic heterocycles. The molecule has 1 N–H and O–H groups in total. The van der Waals surface area contributed by atoms with E-state index >= 15 is 0 Å². The normalized spacial score (nSPS) is 11.9. The molecule has 0 spiro atoms. The van der Waals surface area contributed by atoms with E-state index in [2.05, 4.69) is 25.2 Å². The number of halogens is 2. The number of benzene rings is 1. The molecule has 0 aliphatic carbocycles. The predicted molar refractivity (Wildman–Crippen MR) is 81.7 cm³/mol. The fourth-order valence-corrected chi connectivity index (χ4v) is 2.09. The summed E-state index contributed by atoms with van der Waals surface area (Å²) in [6.07, 6.45) is 5.48. The van der Waals surface area contributed by atoms with Gasteiger partial charge in [0, 0.05) is 0 Å². The fourth-order valence-electron chi connectivity index (χ4n) is 1.77. The van der Waals surface area contributed by atoms with Gasteiger partial charge in [0.2, 0.25) is 0 Å². The Morgan fingerprint density at radius 3 is 2.67 bits per heavy atom. The second-order valence-electron chi connectivity index (χ2n) is 4.51. The van der Waals surface area contributed by atoms with E-state index in [0.717, 1.165) is 25.9 Å². The van der Waals surface area contributed by atoms with Crippen LogP contribution in [0.15, 0.2) is 29.8 Å². The Kier molecular flexibility index (Phi) is 7.41. The van der Waals surface area contributed by atoms with Crippen molar-refractivity contribution in [1.82, 2.24) is 5.32 Å². The van der Waals surface area contributed by atoms with Gasteiger partial charge in [-0.05, 0) is 57.0 Å². The highest BCUT2D eigenvalue weighted by Crippen LogP contribution is 2.23. The lowest BCUT2D eigenvalue weighted by atomic mass is 10.1. The number of hydrogen-bond donors (Lipinski definition) is 1. The van der Waals surface area contributed by atoms with E-state index < -0.39 is 0 Å². The van der Waals surface area contributed by atoms with E-state index in [4.69, 9.17) is 23.2 Å². The topological polar surface area (TPSA) is 12.0 Å². The van der Waals surface area contributed by atoms with Crippen molar-refractivity contribution in [3.05, 3.63) is 45.5 Å². The molecule has 0 aliphatic rings. The Balaban J connectivity index is 2.40. The van der Waals surface area contributed by atoms with Crippen molar-refractivity contribution in [2.45, 2.75) is 33.1 Å². The standard InChI is InChI=1S/C15H21Cl2N/c1-3-8-18-9-4-5-12(2)10-13-6-7-14(16)15(17)11-13/h5-7,11,18H,3-4,8-10H2,1-2H3. The molecule has 18 heavy (non-hydrogen) atoms. The molecule has 0 unspecified atom stereocenters. The Labute approximate surface area is 120 Å². The van der Waals surface area contributed by atoms with Crippen LogP contribution in [-0.4, -0.2) is 13.1 Å². The number of allylic oxidation sites excluding steroid dienone is 1. The molecule has 0 saturated heterocycles. The minimum absolute atomic E-state index is 0.616. The Morgan fingerprint density at radius 1 is 1.22 bits per heavy atom. The van der Waals surface area contributed by atoms with Gasteiger partial charge >= 0.3 is 0 Å². The molecule has 1 nitrogen and oxygen atoms in total.